The van der Waals surface area contributed by atoms with Crippen LogP contribution in [0.15, 0.2) is 24.3 Å². The van der Waals surface area contributed by atoms with Crippen molar-refractivity contribution in [1.82, 2.24) is 24.8 Å². The van der Waals surface area contributed by atoms with Crippen LogP contribution in [0.4, 0.5) is 14.6 Å². The molecule has 10 heteroatoms. The lowest BCUT2D eigenvalue weighted by Gasteiger charge is -2.29. The smallest absolute Gasteiger partial charge is 0.296 e. The molecule has 1 aromatic carbocycles. The van der Waals surface area contributed by atoms with Gasteiger partial charge in [0.2, 0.25) is 5.91 Å². The van der Waals surface area contributed by atoms with Crippen molar-refractivity contribution in [3.05, 3.63) is 41.5 Å². The number of hydrogen-bond acceptors (Lipinski definition) is 6. The zero-order chi connectivity index (χ0) is 26.6. The first-order valence-corrected chi connectivity index (χ1v) is 13.6. The van der Waals surface area contributed by atoms with Crippen LogP contribution in [0.3, 0.4) is 0 Å². The molecule has 3 aromatic rings. The number of carbonyl (C=O) groups excluding carboxylic acids is 1. The van der Waals surface area contributed by atoms with Gasteiger partial charge in [0.05, 0.1) is 24.2 Å². The molecule has 2 aliphatic rings. The number of halogens is 2. The molecule has 38 heavy (non-hydrogen) atoms. The highest BCUT2D eigenvalue weighted by molar-refractivity contribution is 5.79. The molecule has 0 spiro atoms. The van der Waals surface area contributed by atoms with Crippen molar-refractivity contribution in [3.8, 4) is 5.82 Å². The molecule has 2 aromatic heterocycles. The van der Waals surface area contributed by atoms with Crippen LogP contribution in [-0.4, -0.2) is 57.8 Å². The van der Waals surface area contributed by atoms with Crippen molar-refractivity contribution >= 4 is 22.8 Å². The summed E-state index contributed by atoms with van der Waals surface area (Å²) in [4.78, 5) is 27.4. The highest BCUT2D eigenvalue weighted by atomic mass is 19.3. The zero-order valence-corrected chi connectivity index (χ0v) is 22.1. The number of anilines is 1. The Morgan fingerprint density at radius 2 is 1.82 bits per heavy atom. The quantitative estimate of drug-likeness (QED) is 0.449. The third-order valence-electron chi connectivity index (χ3n) is 7.61. The minimum atomic E-state index is -2.74. The average molecular weight is 527 g/mol. The number of aromatic nitrogens is 4. The monoisotopic (exact) mass is 526 g/mol. The number of aryl methyl sites for hydroxylation is 2. The Morgan fingerprint density at radius 1 is 1.08 bits per heavy atom. The van der Waals surface area contributed by atoms with Crippen molar-refractivity contribution in [2.24, 2.45) is 5.92 Å². The van der Waals surface area contributed by atoms with Gasteiger partial charge in [0.1, 0.15) is 17.5 Å². The van der Waals surface area contributed by atoms with Crippen LogP contribution in [0.1, 0.15) is 69.1 Å². The predicted octanol–water partition coefficient (Wildman–Crippen LogP) is 4.92. The summed E-state index contributed by atoms with van der Waals surface area (Å²) < 4.78 is 35.3. The van der Waals surface area contributed by atoms with E-state index in [0.29, 0.717) is 61.3 Å². The van der Waals surface area contributed by atoms with Crippen molar-refractivity contribution in [2.75, 3.05) is 31.2 Å². The Kier molecular flexibility index (Phi) is 8.16. The second-order valence-electron chi connectivity index (χ2n) is 10.5. The lowest BCUT2D eigenvalue weighted by molar-refractivity contribution is -0.119. The number of morpholine rings is 1. The van der Waals surface area contributed by atoms with E-state index < -0.39 is 6.43 Å². The van der Waals surface area contributed by atoms with Gasteiger partial charge in [-0.05, 0) is 62.6 Å². The SMILES string of the molecule is CC(=O)N[C@H]1CC[C@H](CCCc2nc(N3CCOCC3)cc(-n3c(C(F)F)nc4ccc(C)cc43)n2)CC1. The van der Waals surface area contributed by atoms with Crippen LogP contribution in [-0.2, 0) is 16.0 Å². The van der Waals surface area contributed by atoms with E-state index in [9.17, 15) is 13.6 Å². The number of nitrogens with one attached hydrogen (secondary N) is 1. The number of carbonyl (C=O) groups is 1. The van der Waals surface area contributed by atoms with Crippen molar-refractivity contribution in [3.63, 3.8) is 0 Å². The number of fused-ring (bicyclic) bond motifs is 1. The molecule has 1 aliphatic heterocycles. The Hall–Kier alpha value is -3.14. The van der Waals surface area contributed by atoms with Gasteiger partial charge in [-0.3, -0.25) is 9.36 Å². The summed E-state index contributed by atoms with van der Waals surface area (Å²) in [5, 5.41) is 3.04. The molecule has 8 nitrogen and oxygen atoms in total. The second kappa shape index (κ2) is 11.7. The van der Waals surface area contributed by atoms with Crippen LogP contribution < -0.4 is 10.2 Å². The summed E-state index contributed by atoms with van der Waals surface area (Å²) >= 11 is 0. The number of rotatable bonds is 8. The van der Waals surface area contributed by atoms with Gasteiger partial charge in [0.25, 0.3) is 6.43 Å². The van der Waals surface area contributed by atoms with Gasteiger partial charge in [-0.25, -0.2) is 23.7 Å². The standard InChI is InChI=1S/C28H36F2N6O2/c1-18-6-11-22-23(16-18)36(28(32-22)27(29)30)26-17-25(35-12-14-38-15-13-35)33-24(34-26)5-3-4-20-7-9-21(10-8-20)31-19(2)37/h6,11,16-17,20-21,27H,3-5,7-10,12-15H2,1-2H3,(H,31,37)/t20-,21-. The fraction of sp³-hybridized carbons (Fsp3) is 0.571. The number of amides is 1. The van der Waals surface area contributed by atoms with E-state index >= 15 is 0 Å². The normalized spacial score (nSPS) is 20.3. The number of nitrogens with zero attached hydrogens (tertiary/aromatic N) is 5. The summed E-state index contributed by atoms with van der Waals surface area (Å²) in [5.74, 6) is 2.17. The lowest BCUT2D eigenvalue weighted by Crippen LogP contribution is -2.37. The minimum absolute atomic E-state index is 0.0392. The van der Waals surface area contributed by atoms with Gasteiger partial charge in [-0.1, -0.05) is 12.5 Å². The second-order valence-corrected chi connectivity index (χ2v) is 10.5. The number of imidazole rings is 1. The van der Waals surface area contributed by atoms with Gasteiger partial charge in [0.15, 0.2) is 5.82 Å². The third kappa shape index (κ3) is 6.11. The molecular formula is C28H36F2N6O2. The summed E-state index contributed by atoms with van der Waals surface area (Å²) in [6, 6.07) is 7.62. The molecule has 0 radical (unpaired) electrons. The highest BCUT2D eigenvalue weighted by Gasteiger charge is 2.24. The fourth-order valence-corrected chi connectivity index (χ4v) is 5.67. The molecule has 1 N–H and O–H groups in total. The van der Waals surface area contributed by atoms with Gasteiger partial charge in [-0.2, -0.15) is 0 Å². The van der Waals surface area contributed by atoms with Crippen LogP contribution in [0.5, 0.6) is 0 Å². The Bertz CT molecular complexity index is 1270. The summed E-state index contributed by atoms with van der Waals surface area (Å²) in [5.41, 5.74) is 2.11. The van der Waals surface area contributed by atoms with Gasteiger partial charge in [0, 0.05) is 38.5 Å². The van der Waals surface area contributed by atoms with E-state index in [4.69, 9.17) is 14.7 Å². The minimum Gasteiger partial charge on any atom is -0.378 e. The van der Waals surface area contributed by atoms with Gasteiger partial charge >= 0.3 is 0 Å². The number of alkyl halides is 2. The molecule has 2 fully saturated rings. The van der Waals surface area contributed by atoms with E-state index in [0.717, 1.165) is 49.9 Å². The van der Waals surface area contributed by atoms with Crippen molar-refractivity contribution in [1.29, 1.82) is 0 Å². The van der Waals surface area contributed by atoms with Gasteiger partial charge < -0.3 is 15.0 Å². The summed E-state index contributed by atoms with van der Waals surface area (Å²) in [6.07, 6.45) is 4.15. The molecule has 1 aliphatic carbocycles. The number of ether oxygens (including phenoxy) is 1. The van der Waals surface area contributed by atoms with E-state index in [1.165, 1.54) is 4.57 Å². The first-order chi connectivity index (χ1) is 18.4. The van der Waals surface area contributed by atoms with E-state index in [1.54, 1.807) is 19.1 Å². The molecule has 0 unspecified atom stereocenters. The average Bonchev–Trinajstić information content (AvgIpc) is 3.29. The molecule has 0 bridgehead atoms. The Morgan fingerprint density at radius 3 is 2.53 bits per heavy atom. The molecule has 1 saturated carbocycles. The first-order valence-electron chi connectivity index (χ1n) is 13.6. The largest absolute Gasteiger partial charge is 0.378 e. The van der Waals surface area contributed by atoms with Crippen molar-refractivity contribution in [2.45, 2.75) is 71.3 Å². The molecule has 1 saturated heterocycles. The lowest BCUT2D eigenvalue weighted by atomic mass is 9.83. The van der Waals surface area contributed by atoms with Crippen LogP contribution in [0, 0.1) is 12.8 Å². The Balaban J connectivity index is 1.39. The highest BCUT2D eigenvalue weighted by Crippen LogP contribution is 2.31. The number of benzene rings is 1. The fourth-order valence-electron chi connectivity index (χ4n) is 5.67. The summed E-state index contributed by atoms with van der Waals surface area (Å²) in [6.45, 7) is 6.10. The van der Waals surface area contributed by atoms with Crippen LogP contribution in [0.25, 0.3) is 16.9 Å². The van der Waals surface area contributed by atoms with Gasteiger partial charge in [-0.15, -0.1) is 0 Å². The maximum atomic E-state index is 14.1. The van der Waals surface area contributed by atoms with E-state index in [-0.39, 0.29) is 17.8 Å². The molecule has 1 amide bonds. The first kappa shape index (κ1) is 26.5. The predicted molar refractivity (Wildman–Crippen MR) is 142 cm³/mol. The molecule has 204 valence electrons. The molecule has 3 heterocycles. The maximum absolute atomic E-state index is 14.1. The van der Waals surface area contributed by atoms with E-state index in [2.05, 4.69) is 15.2 Å². The molecule has 0 atom stereocenters. The zero-order valence-electron chi connectivity index (χ0n) is 22.1. The third-order valence-corrected chi connectivity index (χ3v) is 7.61. The number of hydrogen-bond donors (Lipinski definition) is 1. The Labute approximate surface area is 221 Å². The van der Waals surface area contributed by atoms with Crippen molar-refractivity contribution < 1.29 is 18.3 Å². The van der Waals surface area contributed by atoms with Crippen LogP contribution >= 0.6 is 0 Å². The summed E-state index contributed by atoms with van der Waals surface area (Å²) in [7, 11) is 0. The maximum Gasteiger partial charge on any atom is 0.296 e. The molecule has 5 rings (SSSR count). The van der Waals surface area contributed by atoms with E-state index in [1.807, 2.05) is 19.1 Å². The topological polar surface area (TPSA) is 85.2 Å². The molecular weight excluding hydrogens is 490 g/mol. The van der Waals surface area contributed by atoms with Crippen LogP contribution in [0.2, 0.25) is 0 Å².